The van der Waals surface area contributed by atoms with Crippen molar-refractivity contribution >= 4 is 62.2 Å². The Hall–Kier alpha value is -0.170. The van der Waals surface area contributed by atoms with Crippen molar-refractivity contribution in [2.45, 2.75) is 0 Å². The minimum Gasteiger partial charge on any atom is -0.298 e. The largest absolute Gasteiger partial charge is 0.298 e. The van der Waals surface area contributed by atoms with E-state index in [9.17, 15) is 4.79 Å². The smallest absolute Gasteiger partial charge is 0.151 e. The third-order valence-electron chi connectivity index (χ3n) is 2.04. The molecule has 0 heterocycles. The minimum absolute atomic E-state index is 0.763. The highest BCUT2D eigenvalue weighted by atomic mass is 127. The highest BCUT2D eigenvalue weighted by molar-refractivity contribution is 14.1. The van der Waals surface area contributed by atoms with Gasteiger partial charge in [0, 0.05) is 12.7 Å². The fourth-order valence-electron chi connectivity index (χ4n) is 1.35. The topological polar surface area (TPSA) is 17.1 Å². The van der Waals surface area contributed by atoms with E-state index < -0.39 is 0 Å². The Morgan fingerprint density at radius 1 is 1.00 bits per heavy atom. The maximum Gasteiger partial charge on any atom is 0.151 e. The fourth-order valence-corrected chi connectivity index (χ4v) is 2.48. The van der Waals surface area contributed by atoms with Gasteiger partial charge in [0.05, 0.1) is 0 Å². The van der Waals surface area contributed by atoms with Crippen LogP contribution < -0.4 is 0 Å². The molecule has 2 aromatic carbocycles. The lowest BCUT2D eigenvalue weighted by molar-refractivity contribution is 0.112. The van der Waals surface area contributed by atoms with Crippen LogP contribution in [-0.2, 0) is 0 Å². The van der Waals surface area contributed by atoms with Crippen LogP contribution in [0.15, 0.2) is 30.3 Å². The minimum atomic E-state index is 0.763. The Balaban J connectivity index is 2.79. The first-order valence-electron chi connectivity index (χ1n) is 4.05. The van der Waals surface area contributed by atoms with Gasteiger partial charge >= 0.3 is 0 Å². The van der Waals surface area contributed by atoms with Crippen molar-refractivity contribution in [3.05, 3.63) is 43.0 Å². The molecular weight excluding hydrogens is 402 g/mol. The number of halogens is 2. The third kappa shape index (κ3) is 1.93. The van der Waals surface area contributed by atoms with E-state index in [4.69, 9.17) is 0 Å². The molecule has 0 spiro atoms. The van der Waals surface area contributed by atoms with E-state index in [0.29, 0.717) is 0 Å². The molecule has 2 rings (SSSR count). The molecule has 0 aliphatic carbocycles. The molecule has 0 atom stereocenters. The summed E-state index contributed by atoms with van der Waals surface area (Å²) < 4.78 is 2.22. The second-order valence-electron chi connectivity index (χ2n) is 2.98. The number of hydrogen-bond donors (Lipinski definition) is 0. The van der Waals surface area contributed by atoms with Crippen LogP contribution in [0.25, 0.3) is 10.8 Å². The molecule has 0 saturated heterocycles. The van der Waals surface area contributed by atoms with Crippen LogP contribution in [0.1, 0.15) is 10.4 Å². The van der Waals surface area contributed by atoms with Gasteiger partial charge in [-0.1, -0.05) is 6.07 Å². The van der Waals surface area contributed by atoms with E-state index in [1.54, 1.807) is 0 Å². The van der Waals surface area contributed by atoms with Crippen molar-refractivity contribution in [1.82, 2.24) is 0 Å². The second kappa shape index (κ2) is 4.14. The van der Waals surface area contributed by atoms with E-state index >= 15 is 0 Å². The van der Waals surface area contributed by atoms with Gasteiger partial charge in [-0.2, -0.15) is 0 Å². The molecule has 0 radical (unpaired) electrons. The molecule has 14 heavy (non-hydrogen) atoms. The lowest BCUT2D eigenvalue weighted by Gasteiger charge is -2.02. The maximum atomic E-state index is 10.7. The molecule has 0 amide bonds. The normalized spacial score (nSPS) is 10.4. The molecule has 0 unspecified atom stereocenters. The van der Waals surface area contributed by atoms with E-state index in [1.807, 2.05) is 24.3 Å². The molecule has 0 aliphatic rings. The zero-order valence-corrected chi connectivity index (χ0v) is 11.4. The molecule has 0 aliphatic heterocycles. The first kappa shape index (κ1) is 10.4. The van der Waals surface area contributed by atoms with E-state index in [2.05, 4.69) is 51.2 Å². The van der Waals surface area contributed by atoms with Crippen molar-refractivity contribution in [2.24, 2.45) is 0 Å². The Labute approximate surface area is 109 Å². The van der Waals surface area contributed by atoms with Crippen molar-refractivity contribution in [3.8, 4) is 0 Å². The first-order valence-corrected chi connectivity index (χ1v) is 6.20. The Morgan fingerprint density at radius 3 is 2.50 bits per heavy atom. The number of rotatable bonds is 1. The molecule has 70 valence electrons. The second-order valence-corrected chi connectivity index (χ2v) is 5.39. The summed E-state index contributed by atoms with van der Waals surface area (Å²) in [6.07, 6.45) is 0.902. The molecule has 2 aromatic rings. The Morgan fingerprint density at radius 2 is 1.79 bits per heavy atom. The van der Waals surface area contributed by atoms with Gasteiger partial charge < -0.3 is 0 Å². The lowest BCUT2D eigenvalue weighted by Crippen LogP contribution is -1.86. The van der Waals surface area contributed by atoms with Crippen molar-refractivity contribution in [3.63, 3.8) is 0 Å². The SMILES string of the molecule is O=Cc1cc2ccc(I)cc2cc1I. The van der Waals surface area contributed by atoms with Crippen LogP contribution >= 0.6 is 45.2 Å². The molecule has 0 saturated carbocycles. The summed E-state index contributed by atoms with van der Waals surface area (Å²) in [6, 6.07) is 10.2. The standard InChI is InChI=1S/C11H6I2O/c12-10-2-1-7-3-9(6-14)11(13)5-8(7)4-10/h1-6H. The number of fused-ring (bicyclic) bond motifs is 1. The predicted molar refractivity (Wildman–Crippen MR) is 74.8 cm³/mol. The zero-order valence-electron chi connectivity index (χ0n) is 7.13. The van der Waals surface area contributed by atoms with Gasteiger partial charge in [0.15, 0.2) is 6.29 Å². The summed E-state index contributed by atoms with van der Waals surface area (Å²) in [5.41, 5.74) is 0.763. The maximum absolute atomic E-state index is 10.7. The zero-order chi connectivity index (χ0) is 10.1. The van der Waals surface area contributed by atoms with Gasteiger partial charge in [-0.25, -0.2) is 0 Å². The van der Waals surface area contributed by atoms with Gasteiger partial charge in [-0.15, -0.1) is 0 Å². The summed E-state index contributed by atoms with van der Waals surface area (Å²) in [6.45, 7) is 0. The average Bonchev–Trinajstić information content (AvgIpc) is 2.16. The van der Waals surface area contributed by atoms with Gasteiger partial charge in [0.2, 0.25) is 0 Å². The number of benzene rings is 2. The van der Waals surface area contributed by atoms with Crippen molar-refractivity contribution in [2.75, 3.05) is 0 Å². The quantitative estimate of drug-likeness (QED) is 0.518. The van der Waals surface area contributed by atoms with E-state index in [-0.39, 0.29) is 0 Å². The number of carbonyl (C=O) groups is 1. The van der Waals surface area contributed by atoms with Crippen LogP contribution in [0.3, 0.4) is 0 Å². The summed E-state index contributed by atoms with van der Waals surface area (Å²) in [4.78, 5) is 10.7. The number of carbonyl (C=O) groups excluding carboxylic acids is 1. The number of aldehydes is 1. The first-order chi connectivity index (χ1) is 6.70. The van der Waals surface area contributed by atoms with Crippen LogP contribution in [0.2, 0.25) is 0 Å². The van der Waals surface area contributed by atoms with Gasteiger partial charge in [0.1, 0.15) is 0 Å². The molecule has 0 aromatic heterocycles. The predicted octanol–water partition coefficient (Wildman–Crippen LogP) is 3.86. The molecule has 1 nitrogen and oxygen atoms in total. The fraction of sp³-hybridized carbons (Fsp3) is 0. The van der Waals surface area contributed by atoms with Crippen LogP contribution in [0.4, 0.5) is 0 Å². The molecule has 0 fully saturated rings. The lowest BCUT2D eigenvalue weighted by atomic mass is 10.1. The van der Waals surface area contributed by atoms with E-state index in [1.165, 1.54) is 8.96 Å². The third-order valence-corrected chi connectivity index (χ3v) is 3.65. The van der Waals surface area contributed by atoms with Gasteiger partial charge in [0.25, 0.3) is 0 Å². The Bertz CT molecular complexity index is 506. The summed E-state index contributed by atoms with van der Waals surface area (Å²) in [5, 5.41) is 2.31. The highest BCUT2D eigenvalue weighted by Gasteiger charge is 2.01. The highest BCUT2D eigenvalue weighted by Crippen LogP contribution is 2.22. The average molecular weight is 408 g/mol. The molecule has 3 heteroatoms. The van der Waals surface area contributed by atoms with E-state index in [0.717, 1.165) is 20.8 Å². The van der Waals surface area contributed by atoms with Crippen LogP contribution in [-0.4, -0.2) is 6.29 Å². The van der Waals surface area contributed by atoms with Crippen LogP contribution in [0.5, 0.6) is 0 Å². The van der Waals surface area contributed by atoms with Crippen molar-refractivity contribution < 1.29 is 4.79 Å². The summed E-state index contributed by atoms with van der Waals surface area (Å²) in [7, 11) is 0. The monoisotopic (exact) mass is 408 g/mol. The molecule has 0 N–H and O–H groups in total. The summed E-state index contributed by atoms with van der Waals surface area (Å²) >= 11 is 4.47. The van der Waals surface area contributed by atoms with Crippen molar-refractivity contribution in [1.29, 1.82) is 0 Å². The number of hydrogen-bond acceptors (Lipinski definition) is 1. The van der Waals surface area contributed by atoms with Gasteiger partial charge in [-0.05, 0) is 80.2 Å². The summed E-state index contributed by atoms with van der Waals surface area (Å²) in [5.74, 6) is 0. The molecular formula is C11H6I2O. The molecule has 0 bridgehead atoms. The van der Waals surface area contributed by atoms with Crippen LogP contribution in [0, 0.1) is 7.14 Å². The van der Waals surface area contributed by atoms with Gasteiger partial charge in [-0.3, -0.25) is 4.79 Å². The Kier molecular flexibility index (Phi) is 3.06.